The second-order valence-corrected chi connectivity index (χ2v) is 11.6. The van der Waals surface area contributed by atoms with Gasteiger partial charge >= 0.3 is 0 Å². The highest BCUT2D eigenvalue weighted by Crippen LogP contribution is 2.51. The van der Waals surface area contributed by atoms with Gasteiger partial charge in [0, 0.05) is 0 Å². The van der Waals surface area contributed by atoms with E-state index < -0.39 is 0 Å². The molecule has 1 aliphatic rings. The van der Waals surface area contributed by atoms with Crippen LogP contribution in [0.3, 0.4) is 0 Å². The Balaban J connectivity index is 2.66. The highest BCUT2D eigenvalue weighted by atomic mass is 14.5. The summed E-state index contributed by atoms with van der Waals surface area (Å²) in [6.07, 6.45) is 20.7. The zero-order chi connectivity index (χ0) is 22.7. The van der Waals surface area contributed by atoms with Crippen molar-refractivity contribution in [1.82, 2.24) is 0 Å². The molecule has 4 atom stereocenters. The van der Waals surface area contributed by atoms with Crippen LogP contribution in [0.1, 0.15) is 120 Å². The van der Waals surface area contributed by atoms with E-state index in [4.69, 9.17) is 0 Å². The second kappa shape index (κ2) is 13.6. The maximum Gasteiger partial charge on any atom is -0.00769 e. The minimum Gasteiger partial charge on any atom is -0.103 e. The van der Waals surface area contributed by atoms with Gasteiger partial charge in [0.25, 0.3) is 0 Å². The molecule has 1 unspecified atom stereocenters. The Morgan fingerprint density at radius 2 is 1.60 bits per heavy atom. The molecule has 0 aromatic carbocycles. The predicted molar refractivity (Wildman–Crippen MR) is 138 cm³/mol. The van der Waals surface area contributed by atoms with Gasteiger partial charge in [0.15, 0.2) is 0 Å². The first kappa shape index (κ1) is 27.3. The van der Waals surface area contributed by atoms with E-state index in [9.17, 15) is 0 Å². The summed E-state index contributed by atoms with van der Waals surface area (Å²) in [5.41, 5.74) is 3.47. The van der Waals surface area contributed by atoms with Gasteiger partial charge in [-0.15, -0.1) is 6.58 Å². The monoisotopic (exact) mass is 414 g/mol. The van der Waals surface area contributed by atoms with Crippen LogP contribution in [0, 0.1) is 35.0 Å². The minimum absolute atomic E-state index is 0.253. The molecular formula is C30H54. The van der Waals surface area contributed by atoms with Gasteiger partial charge in [-0.3, -0.25) is 0 Å². The Hall–Kier alpha value is -0.780. The molecule has 174 valence electrons. The highest BCUT2D eigenvalue weighted by molar-refractivity contribution is 5.21. The van der Waals surface area contributed by atoms with E-state index in [2.05, 4.69) is 80.2 Å². The van der Waals surface area contributed by atoms with Crippen LogP contribution >= 0.6 is 0 Å². The summed E-state index contributed by atoms with van der Waals surface area (Å²) in [5.74, 6) is 3.84. The molecule has 0 saturated heterocycles. The van der Waals surface area contributed by atoms with E-state index in [0.29, 0.717) is 11.8 Å². The first-order valence-electron chi connectivity index (χ1n) is 13.1. The molecule has 1 saturated carbocycles. The molecule has 0 aromatic heterocycles. The highest BCUT2D eigenvalue weighted by Gasteiger charge is 2.42. The van der Waals surface area contributed by atoms with E-state index >= 15 is 0 Å². The normalized spacial score (nSPS) is 26.6. The SMILES string of the molecule is C=C[C@]1(C)CC[C@@H](/C(C)=C/CCC(C)C)[C@@H]1/C=C(\C)CCCC(C)CCCC(C)C. The first-order chi connectivity index (χ1) is 14.1. The lowest BCUT2D eigenvalue weighted by Crippen LogP contribution is -2.22. The lowest BCUT2D eigenvalue weighted by Gasteiger charge is -2.30. The maximum atomic E-state index is 4.23. The van der Waals surface area contributed by atoms with Crippen molar-refractivity contribution < 1.29 is 0 Å². The first-order valence-corrected chi connectivity index (χ1v) is 13.1. The molecule has 0 bridgehead atoms. The number of hydrogen-bond donors (Lipinski definition) is 0. The molecule has 1 rings (SSSR count). The van der Waals surface area contributed by atoms with Gasteiger partial charge in [0.2, 0.25) is 0 Å². The molecule has 1 aliphatic carbocycles. The van der Waals surface area contributed by atoms with Crippen molar-refractivity contribution in [3.8, 4) is 0 Å². The molecular weight excluding hydrogens is 360 g/mol. The van der Waals surface area contributed by atoms with Crippen molar-refractivity contribution >= 4 is 0 Å². The smallest absolute Gasteiger partial charge is 0.00769 e. The van der Waals surface area contributed by atoms with Gasteiger partial charge in [-0.25, -0.2) is 0 Å². The molecule has 0 radical (unpaired) electrons. The van der Waals surface area contributed by atoms with Gasteiger partial charge in [-0.2, -0.15) is 0 Å². The lowest BCUT2D eigenvalue weighted by molar-refractivity contribution is 0.331. The van der Waals surface area contributed by atoms with Crippen molar-refractivity contribution in [3.63, 3.8) is 0 Å². The second-order valence-electron chi connectivity index (χ2n) is 11.6. The summed E-state index contributed by atoms with van der Waals surface area (Å²) in [4.78, 5) is 0. The average molecular weight is 415 g/mol. The van der Waals surface area contributed by atoms with Crippen molar-refractivity contribution in [3.05, 3.63) is 36.0 Å². The third-order valence-corrected chi connectivity index (χ3v) is 7.66. The summed E-state index contributed by atoms with van der Waals surface area (Å²) in [6, 6.07) is 0. The quantitative estimate of drug-likeness (QED) is 0.248. The van der Waals surface area contributed by atoms with Gasteiger partial charge in [-0.1, -0.05) is 96.6 Å². The van der Waals surface area contributed by atoms with Crippen LogP contribution in [0.25, 0.3) is 0 Å². The van der Waals surface area contributed by atoms with Crippen molar-refractivity contribution in [2.75, 3.05) is 0 Å². The Labute approximate surface area is 190 Å². The Morgan fingerprint density at radius 3 is 2.20 bits per heavy atom. The number of allylic oxidation sites excluding steroid dienone is 5. The molecule has 0 heteroatoms. The van der Waals surface area contributed by atoms with Crippen LogP contribution in [-0.4, -0.2) is 0 Å². The van der Waals surface area contributed by atoms with Gasteiger partial charge in [-0.05, 0) is 87.4 Å². The minimum atomic E-state index is 0.253. The van der Waals surface area contributed by atoms with E-state index in [1.807, 2.05) is 0 Å². The summed E-state index contributed by atoms with van der Waals surface area (Å²) >= 11 is 0. The predicted octanol–water partition coefficient (Wildman–Crippen LogP) is 10.2. The molecule has 0 N–H and O–H groups in total. The summed E-state index contributed by atoms with van der Waals surface area (Å²) in [5, 5.41) is 0. The standard InChI is InChI=1S/C30H54/c1-10-30(9)21-20-28(27(8)19-12-15-24(4)5)29(30)22-26(7)18-13-17-25(6)16-11-14-23(2)3/h10,19,22-25,28-29H,1,11-18,20-21H2,2-9H3/b26-22+,27-19+/t25?,28-,29-,30+/m0/s1. The Bertz CT molecular complexity index is 546. The van der Waals surface area contributed by atoms with Crippen LogP contribution in [0.15, 0.2) is 36.0 Å². The number of hydrogen-bond acceptors (Lipinski definition) is 0. The topological polar surface area (TPSA) is 0 Å². The Kier molecular flexibility index (Phi) is 12.3. The van der Waals surface area contributed by atoms with Crippen LogP contribution < -0.4 is 0 Å². The molecule has 0 heterocycles. The van der Waals surface area contributed by atoms with E-state index in [-0.39, 0.29) is 5.41 Å². The molecule has 0 spiro atoms. The fourth-order valence-electron chi connectivity index (χ4n) is 5.26. The van der Waals surface area contributed by atoms with E-state index in [1.165, 1.54) is 64.2 Å². The summed E-state index contributed by atoms with van der Waals surface area (Å²) < 4.78 is 0. The third-order valence-electron chi connectivity index (χ3n) is 7.66. The zero-order valence-corrected chi connectivity index (χ0v) is 21.9. The van der Waals surface area contributed by atoms with Crippen LogP contribution in [-0.2, 0) is 0 Å². The van der Waals surface area contributed by atoms with Crippen LogP contribution in [0.2, 0.25) is 0 Å². The van der Waals surface area contributed by atoms with Gasteiger partial charge in [0.1, 0.15) is 0 Å². The van der Waals surface area contributed by atoms with Gasteiger partial charge in [0.05, 0.1) is 0 Å². The maximum absolute atomic E-state index is 4.23. The van der Waals surface area contributed by atoms with Crippen molar-refractivity contribution in [2.45, 2.75) is 120 Å². The average Bonchev–Trinajstić information content (AvgIpc) is 2.98. The largest absolute Gasteiger partial charge is 0.103 e. The third kappa shape index (κ3) is 9.57. The fraction of sp³-hybridized carbons (Fsp3) is 0.800. The zero-order valence-electron chi connectivity index (χ0n) is 21.9. The fourth-order valence-corrected chi connectivity index (χ4v) is 5.26. The van der Waals surface area contributed by atoms with Gasteiger partial charge < -0.3 is 0 Å². The molecule has 1 fully saturated rings. The molecule has 0 aliphatic heterocycles. The van der Waals surface area contributed by atoms with E-state index in [1.54, 1.807) is 11.1 Å². The number of rotatable bonds is 14. The molecule has 0 aromatic rings. The van der Waals surface area contributed by atoms with E-state index in [0.717, 1.165) is 17.8 Å². The molecule has 0 amide bonds. The molecule has 0 nitrogen and oxygen atoms in total. The van der Waals surface area contributed by atoms with Crippen molar-refractivity contribution in [2.24, 2.45) is 35.0 Å². The molecule has 30 heavy (non-hydrogen) atoms. The summed E-state index contributed by atoms with van der Waals surface area (Å²) in [6.45, 7) is 23.2. The van der Waals surface area contributed by atoms with Crippen LogP contribution in [0.4, 0.5) is 0 Å². The van der Waals surface area contributed by atoms with Crippen molar-refractivity contribution in [1.29, 1.82) is 0 Å². The Morgan fingerprint density at radius 1 is 0.967 bits per heavy atom. The summed E-state index contributed by atoms with van der Waals surface area (Å²) in [7, 11) is 0. The lowest BCUT2D eigenvalue weighted by atomic mass is 9.74. The van der Waals surface area contributed by atoms with Crippen LogP contribution in [0.5, 0.6) is 0 Å².